The van der Waals surface area contributed by atoms with E-state index < -0.39 is 10.0 Å². The van der Waals surface area contributed by atoms with Gasteiger partial charge in [0.2, 0.25) is 10.0 Å². The van der Waals surface area contributed by atoms with Crippen LogP contribution < -0.4 is 5.14 Å². The lowest BCUT2D eigenvalue weighted by Gasteiger charge is -2.02. The maximum atomic E-state index is 10.5. The van der Waals surface area contributed by atoms with Crippen LogP contribution in [0.15, 0.2) is 0 Å². The fourth-order valence-electron chi connectivity index (χ4n) is 1.03. The van der Waals surface area contributed by atoms with E-state index in [9.17, 15) is 8.42 Å². The summed E-state index contributed by atoms with van der Waals surface area (Å²) in [5.74, 6) is 0.838. The molecule has 0 radical (unpaired) electrons. The van der Waals surface area contributed by atoms with Crippen LogP contribution in [0, 0.1) is 5.92 Å². The van der Waals surface area contributed by atoms with Crippen LogP contribution in [0.2, 0.25) is 0 Å². The molecule has 0 aromatic rings. The molecule has 0 saturated carbocycles. The van der Waals surface area contributed by atoms with Crippen molar-refractivity contribution in [3.05, 3.63) is 0 Å². The minimum Gasteiger partial charge on any atom is -0.229 e. The molecule has 2 N–H and O–H groups in total. The summed E-state index contributed by atoms with van der Waals surface area (Å²) < 4.78 is 21.0. The molecule has 0 fully saturated rings. The Morgan fingerprint density at radius 2 is 1.75 bits per heavy atom. The third-order valence-corrected chi connectivity index (χ3v) is 2.57. The molecule has 0 atom stereocenters. The standard InChI is InChI=1S/C8H19NO2S/c1-8(2)6-4-3-5-7-12(9,10)11/h8H,3-7H2,1-2H3,(H2,9,10,11). The Balaban J connectivity index is 3.23. The molecule has 0 unspecified atom stereocenters. The molecule has 3 nitrogen and oxygen atoms in total. The average Bonchev–Trinajstić information content (AvgIpc) is 1.83. The minimum absolute atomic E-state index is 0.130. The summed E-state index contributed by atoms with van der Waals surface area (Å²) >= 11 is 0. The number of unbranched alkanes of at least 4 members (excludes halogenated alkanes) is 2. The fourth-order valence-corrected chi connectivity index (χ4v) is 1.64. The molecule has 74 valence electrons. The fraction of sp³-hybridized carbons (Fsp3) is 1.00. The van der Waals surface area contributed by atoms with Crippen LogP contribution in [-0.4, -0.2) is 14.2 Å². The average molecular weight is 193 g/mol. The molecule has 12 heavy (non-hydrogen) atoms. The van der Waals surface area contributed by atoms with E-state index in [1.54, 1.807) is 0 Å². The lowest BCUT2D eigenvalue weighted by Crippen LogP contribution is -2.16. The lowest BCUT2D eigenvalue weighted by atomic mass is 10.1. The van der Waals surface area contributed by atoms with Crippen molar-refractivity contribution < 1.29 is 8.42 Å². The number of primary sulfonamides is 1. The van der Waals surface area contributed by atoms with E-state index in [0.29, 0.717) is 12.3 Å². The smallest absolute Gasteiger partial charge is 0.209 e. The van der Waals surface area contributed by atoms with Gasteiger partial charge < -0.3 is 0 Å². The number of rotatable bonds is 6. The largest absolute Gasteiger partial charge is 0.229 e. The Hall–Kier alpha value is -0.0900. The van der Waals surface area contributed by atoms with Crippen molar-refractivity contribution in [3.63, 3.8) is 0 Å². The van der Waals surface area contributed by atoms with Crippen molar-refractivity contribution in [2.45, 2.75) is 39.5 Å². The SMILES string of the molecule is CC(C)CCCCCS(N)(=O)=O. The summed E-state index contributed by atoms with van der Waals surface area (Å²) in [4.78, 5) is 0. The van der Waals surface area contributed by atoms with Crippen molar-refractivity contribution in [2.24, 2.45) is 11.1 Å². The van der Waals surface area contributed by atoms with Gasteiger partial charge in [0, 0.05) is 0 Å². The van der Waals surface area contributed by atoms with Gasteiger partial charge >= 0.3 is 0 Å². The monoisotopic (exact) mass is 193 g/mol. The maximum Gasteiger partial charge on any atom is 0.209 e. The Morgan fingerprint density at radius 3 is 2.17 bits per heavy atom. The highest BCUT2D eigenvalue weighted by Crippen LogP contribution is 2.08. The van der Waals surface area contributed by atoms with E-state index in [1.165, 1.54) is 6.42 Å². The minimum atomic E-state index is -3.22. The molecule has 0 spiro atoms. The third kappa shape index (κ3) is 9.91. The predicted molar refractivity (Wildman–Crippen MR) is 51.3 cm³/mol. The molecule has 0 saturated heterocycles. The highest BCUT2D eigenvalue weighted by atomic mass is 32.2. The first-order valence-corrected chi connectivity index (χ1v) is 6.14. The van der Waals surface area contributed by atoms with Gasteiger partial charge in [-0.2, -0.15) is 0 Å². The van der Waals surface area contributed by atoms with Gasteiger partial charge in [0.15, 0.2) is 0 Å². The highest BCUT2D eigenvalue weighted by Gasteiger charge is 2.01. The quantitative estimate of drug-likeness (QED) is 0.650. The van der Waals surface area contributed by atoms with Crippen LogP contribution in [0.4, 0.5) is 0 Å². The second kappa shape index (κ2) is 5.54. The molecule has 4 heteroatoms. The van der Waals surface area contributed by atoms with E-state index in [-0.39, 0.29) is 5.75 Å². The summed E-state index contributed by atoms with van der Waals surface area (Å²) in [6.07, 6.45) is 3.94. The van der Waals surface area contributed by atoms with Crippen molar-refractivity contribution in [2.75, 3.05) is 5.75 Å². The third-order valence-electron chi connectivity index (χ3n) is 1.71. The highest BCUT2D eigenvalue weighted by molar-refractivity contribution is 7.89. The van der Waals surface area contributed by atoms with E-state index in [2.05, 4.69) is 13.8 Å². The summed E-state index contributed by atoms with van der Waals surface area (Å²) in [6, 6.07) is 0. The number of nitrogens with two attached hydrogens (primary N) is 1. The van der Waals surface area contributed by atoms with Gasteiger partial charge in [-0.05, 0) is 12.3 Å². The van der Waals surface area contributed by atoms with E-state index >= 15 is 0 Å². The van der Waals surface area contributed by atoms with Crippen LogP contribution in [0.3, 0.4) is 0 Å². The van der Waals surface area contributed by atoms with Crippen molar-refractivity contribution >= 4 is 10.0 Å². The van der Waals surface area contributed by atoms with Gasteiger partial charge in [-0.15, -0.1) is 0 Å². The second-order valence-electron chi connectivity index (χ2n) is 3.61. The first-order valence-electron chi connectivity index (χ1n) is 4.42. The molecule has 0 amide bonds. The van der Waals surface area contributed by atoms with Gasteiger partial charge in [-0.3, -0.25) is 0 Å². The Labute approximate surface area is 75.4 Å². The van der Waals surface area contributed by atoms with Crippen LogP contribution in [0.25, 0.3) is 0 Å². The maximum absolute atomic E-state index is 10.5. The Bertz CT molecular complexity index is 197. The van der Waals surface area contributed by atoms with Gasteiger partial charge in [0.25, 0.3) is 0 Å². The van der Waals surface area contributed by atoms with Crippen LogP contribution in [-0.2, 0) is 10.0 Å². The van der Waals surface area contributed by atoms with Crippen molar-refractivity contribution in [1.82, 2.24) is 0 Å². The molecule has 0 aliphatic heterocycles. The molecular weight excluding hydrogens is 174 g/mol. The zero-order valence-corrected chi connectivity index (χ0v) is 8.73. The topological polar surface area (TPSA) is 60.2 Å². The summed E-state index contributed by atoms with van der Waals surface area (Å²) in [5.41, 5.74) is 0. The van der Waals surface area contributed by atoms with E-state index in [4.69, 9.17) is 5.14 Å². The van der Waals surface area contributed by atoms with Crippen LogP contribution in [0.1, 0.15) is 39.5 Å². The van der Waals surface area contributed by atoms with Crippen molar-refractivity contribution in [1.29, 1.82) is 0 Å². The lowest BCUT2D eigenvalue weighted by molar-refractivity contribution is 0.532. The molecular formula is C8H19NO2S. The van der Waals surface area contributed by atoms with E-state index in [0.717, 1.165) is 12.8 Å². The Morgan fingerprint density at radius 1 is 1.17 bits per heavy atom. The molecule has 0 bridgehead atoms. The molecule has 0 heterocycles. The zero-order chi connectivity index (χ0) is 9.61. The summed E-state index contributed by atoms with van der Waals surface area (Å²) in [5, 5.41) is 4.85. The van der Waals surface area contributed by atoms with E-state index in [1.807, 2.05) is 0 Å². The van der Waals surface area contributed by atoms with Gasteiger partial charge in [-0.25, -0.2) is 13.6 Å². The zero-order valence-electron chi connectivity index (χ0n) is 7.91. The number of hydrogen-bond donors (Lipinski definition) is 1. The van der Waals surface area contributed by atoms with Gasteiger partial charge in [0.05, 0.1) is 5.75 Å². The number of hydrogen-bond acceptors (Lipinski definition) is 2. The van der Waals surface area contributed by atoms with Crippen LogP contribution in [0.5, 0.6) is 0 Å². The first-order chi connectivity index (χ1) is 5.42. The Kier molecular flexibility index (Phi) is 5.50. The summed E-state index contributed by atoms with van der Waals surface area (Å²) in [7, 11) is -3.22. The molecule has 0 aromatic carbocycles. The van der Waals surface area contributed by atoms with Gasteiger partial charge in [-0.1, -0.05) is 33.1 Å². The van der Waals surface area contributed by atoms with Crippen LogP contribution >= 0.6 is 0 Å². The number of sulfonamides is 1. The molecule has 0 rings (SSSR count). The molecule has 0 aromatic heterocycles. The first kappa shape index (κ1) is 11.9. The molecule has 0 aliphatic carbocycles. The second-order valence-corrected chi connectivity index (χ2v) is 5.34. The summed E-state index contributed by atoms with van der Waals surface area (Å²) in [6.45, 7) is 4.33. The molecule has 0 aliphatic rings. The predicted octanol–water partition coefficient (Wildman–Crippen LogP) is 1.49. The van der Waals surface area contributed by atoms with Crippen molar-refractivity contribution in [3.8, 4) is 0 Å². The normalized spacial score (nSPS) is 12.3. The van der Waals surface area contributed by atoms with Gasteiger partial charge in [0.1, 0.15) is 0 Å².